The number of benzene rings is 1. The van der Waals surface area contributed by atoms with Gasteiger partial charge in [-0.05, 0) is 44.2 Å². The molecule has 4 rings (SSSR count). The second kappa shape index (κ2) is 7.72. The summed E-state index contributed by atoms with van der Waals surface area (Å²) in [5, 5.41) is 2.92. The lowest BCUT2D eigenvalue weighted by molar-refractivity contribution is 0.0474. The van der Waals surface area contributed by atoms with Gasteiger partial charge >= 0.3 is 5.97 Å². The fourth-order valence-corrected chi connectivity index (χ4v) is 5.14. The third kappa shape index (κ3) is 3.89. The van der Waals surface area contributed by atoms with Crippen LogP contribution in [0.5, 0.6) is 0 Å². The molecule has 0 fully saturated rings. The van der Waals surface area contributed by atoms with Gasteiger partial charge < -0.3 is 4.74 Å². The van der Waals surface area contributed by atoms with E-state index in [1.165, 1.54) is 35.3 Å². The van der Waals surface area contributed by atoms with E-state index in [9.17, 15) is 4.79 Å². The summed E-state index contributed by atoms with van der Waals surface area (Å²) >= 11 is 3.18. The molecule has 1 aromatic carbocycles. The Balaban J connectivity index is 1.40. The third-order valence-electron chi connectivity index (χ3n) is 4.65. The molecule has 0 N–H and O–H groups in total. The maximum absolute atomic E-state index is 12.4. The summed E-state index contributed by atoms with van der Waals surface area (Å²) in [5.74, 6) is -0.229. The summed E-state index contributed by atoms with van der Waals surface area (Å²) in [7, 11) is 0. The van der Waals surface area contributed by atoms with Crippen LogP contribution in [0.2, 0.25) is 0 Å². The van der Waals surface area contributed by atoms with E-state index in [0.717, 1.165) is 34.0 Å². The predicted molar refractivity (Wildman–Crippen MR) is 107 cm³/mol. The zero-order chi connectivity index (χ0) is 17.9. The summed E-state index contributed by atoms with van der Waals surface area (Å²) in [6.07, 6.45) is 5.92. The van der Waals surface area contributed by atoms with Crippen molar-refractivity contribution in [3.05, 3.63) is 62.3 Å². The number of thiophene rings is 1. The van der Waals surface area contributed by atoms with E-state index in [2.05, 4.69) is 36.2 Å². The first-order valence-corrected chi connectivity index (χ1v) is 10.7. The Labute approximate surface area is 161 Å². The van der Waals surface area contributed by atoms with Crippen LogP contribution in [-0.4, -0.2) is 11.0 Å². The number of thiazole rings is 1. The van der Waals surface area contributed by atoms with Gasteiger partial charge in [0.1, 0.15) is 16.5 Å². The zero-order valence-corrected chi connectivity index (χ0v) is 16.4. The molecule has 1 aliphatic rings. The third-order valence-corrected chi connectivity index (χ3v) is 6.81. The minimum atomic E-state index is -0.229. The molecule has 1 aliphatic carbocycles. The molecule has 0 amide bonds. The molecule has 0 spiro atoms. The number of hydrogen-bond acceptors (Lipinski definition) is 5. The minimum Gasteiger partial charge on any atom is -0.455 e. The fraction of sp³-hybridized carbons (Fsp3) is 0.333. The zero-order valence-electron chi connectivity index (χ0n) is 14.8. The highest BCUT2D eigenvalue weighted by Gasteiger charge is 2.18. The lowest BCUT2D eigenvalue weighted by atomic mass is 10.1. The van der Waals surface area contributed by atoms with Crippen LogP contribution in [0.25, 0.3) is 10.6 Å². The molecular formula is C21H21NO2S2. The van der Waals surface area contributed by atoms with E-state index < -0.39 is 0 Å². The van der Waals surface area contributed by atoms with Crippen molar-refractivity contribution in [1.82, 2.24) is 4.98 Å². The van der Waals surface area contributed by atoms with Crippen molar-refractivity contribution in [2.45, 2.75) is 45.6 Å². The van der Waals surface area contributed by atoms with E-state index in [-0.39, 0.29) is 12.6 Å². The number of esters is 1. The monoisotopic (exact) mass is 383 g/mol. The van der Waals surface area contributed by atoms with Gasteiger partial charge in [-0.1, -0.05) is 36.2 Å². The van der Waals surface area contributed by atoms with Gasteiger partial charge in [-0.2, -0.15) is 0 Å². The second-order valence-corrected chi connectivity index (χ2v) is 8.70. The molecule has 0 unspecified atom stereocenters. The first-order valence-electron chi connectivity index (χ1n) is 8.99. The van der Waals surface area contributed by atoms with Crippen LogP contribution in [0.15, 0.2) is 35.7 Å². The van der Waals surface area contributed by atoms with Crippen molar-refractivity contribution in [2.24, 2.45) is 0 Å². The number of nitrogens with zero attached hydrogens (tertiary/aromatic N) is 1. The molecule has 0 radical (unpaired) electrons. The Bertz CT molecular complexity index is 885. The Morgan fingerprint density at radius 2 is 1.96 bits per heavy atom. The molecule has 0 bridgehead atoms. The van der Waals surface area contributed by atoms with Crippen LogP contribution in [-0.2, 0) is 24.2 Å². The van der Waals surface area contributed by atoms with Crippen LogP contribution >= 0.6 is 22.7 Å². The quantitative estimate of drug-likeness (QED) is 0.422. The summed E-state index contributed by atoms with van der Waals surface area (Å²) in [4.78, 5) is 19.1. The molecular weight excluding hydrogens is 362 g/mol. The number of ether oxygens (including phenoxy) is 1. The fourth-order valence-electron chi connectivity index (χ4n) is 3.18. The topological polar surface area (TPSA) is 39.2 Å². The molecule has 26 heavy (non-hydrogen) atoms. The van der Waals surface area contributed by atoms with Gasteiger partial charge in [0.25, 0.3) is 0 Å². The summed E-state index contributed by atoms with van der Waals surface area (Å²) in [6, 6.07) is 10.3. The summed E-state index contributed by atoms with van der Waals surface area (Å²) < 4.78 is 5.51. The van der Waals surface area contributed by atoms with Crippen LogP contribution in [0.4, 0.5) is 0 Å². The SMILES string of the molecule is Cc1ccc(-c2nc(COC(=O)c3cc4c(s3)CCCCC4)cs2)cc1. The molecule has 0 saturated carbocycles. The van der Waals surface area contributed by atoms with E-state index >= 15 is 0 Å². The van der Waals surface area contributed by atoms with Crippen LogP contribution in [0.1, 0.15) is 50.6 Å². The molecule has 0 aliphatic heterocycles. The number of carbonyl (C=O) groups excluding carboxylic acids is 1. The molecule has 5 heteroatoms. The van der Waals surface area contributed by atoms with Gasteiger partial charge in [0, 0.05) is 15.8 Å². The molecule has 0 atom stereocenters. The molecule has 0 saturated heterocycles. The number of aromatic nitrogens is 1. The molecule has 2 heterocycles. The second-order valence-electron chi connectivity index (χ2n) is 6.71. The summed E-state index contributed by atoms with van der Waals surface area (Å²) in [5.41, 5.74) is 4.47. The van der Waals surface area contributed by atoms with E-state index in [0.29, 0.717) is 0 Å². The smallest absolute Gasteiger partial charge is 0.348 e. The van der Waals surface area contributed by atoms with Gasteiger partial charge in [0.2, 0.25) is 0 Å². The maximum Gasteiger partial charge on any atom is 0.348 e. The standard InChI is InChI=1S/C21H21NO2S2/c1-14-7-9-15(10-8-14)20-22-17(13-25-20)12-24-21(23)19-11-16-5-3-2-4-6-18(16)26-19/h7-11,13H,2-6,12H2,1H3. The maximum atomic E-state index is 12.4. The van der Waals surface area contributed by atoms with Crippen LogP contribution < -0.4 is 0 Å². The highest BCUT2D eigenvalue weighted by molar-refractivity contribution is 7.14. The van der Waals surface area contributed by atoms with Gasteiger partial charge in [-0.3, -0.25) is 0 Å². The number of fused-ring (bicyclic) bond motifs is 1. The van der Waals surface area contributed by atoms with Gasteiger partial charge in [0.15, 0.2) is 0 Å². The van der Waals surface area contributed by atoms with E-state index in [4.69, 9.17) is 4.74 Å². The number of aryl methyl sites for hydroxylation is 3. The highest BCUT2D eigenvalue weighted by atomic mass is 32.1. The predicted octanol–water partition coefficient (Wildman–Crippen LogP) is 5.81. The highest BCUT2D eigenvalue weighted by Crippen LogP contribution is 2.30. The van der Waals surface area contributed by atoms with Crippen molar-refractivity contribution < 1.29 is 9.53 Å². The Kier molecular flexibility index (Phi) is 5.18. The Hall–Kier alpha value is -1.98. The van der Waals surface area contributed by atoms with Gasteiger partial charge in [0.05, 0.1) is 5.69 Å². The summed E-state index contributed by atoms with van der Waals surface area (Å²) in [6.45, 7) is 2.30. The molecule has 3 aromatic rings. The first-order chi connectivity index (χ1) is 12.7. The van der Waals surface area contributed by atoms with Crippen molar-refractivity contribution in [3.63, 3.8) is 0 Å². The van der Waals surface area contributed by atoms with E-state index in [1.807, 2.05) is 11.4 Å². The Morgan fingerprint density at radius 3 is 2.81 bits per heavy atom. The molecule has 2 aromatic heterocycles. The lowest BCUT2D eigenvalue weighted by Crippen LogP contribution is -2.03. The minimum absolute atomic E-state index is 0.226. The van der Waals surface area contributed by atoms with E-state index in [1.54, 1.807) is 22.7 Å². The molecule has 134 valence electrons. The molecule has 3 nitrogen and oxygen atoms in total. The normalized spacial score (nSPS) is 13.9. The van der Waals surface area contributed by atoms with Crippen molar-refractivity contribution in [1.29, 1.82) is 0 Å². The number of carbonyl (C=O) groups is 1. The first kappa shape index (κ1) is 17.4. The van der Waals surface area contributed by atoms with Crippen molar-refractivity contribution in [2.75, 3.05) is 0 Å². The lowest BCUT2D eigenvalue weighted by Gasteiger charge is -2.01. The number of rotatable bonds is 4. The number of hydrogen-bond donors (Lipinski definition) is 0. The van der Waals surface area contributed by atoms with Crippen LogP contribution in [0, 0.1) is 6.92 Å². The van der Waals surface area contributed by atoms with Crippen LogP contribution in [0.3, 0.4) is 0 Å². The average molecular weight is 384 g/mol. The largest absolute Gasteiger partial charge is 0.455 e. The van der Waals surface area contributed by atoms with Crippen molar-refractivity contribution in [3.8, 4) is 10.6 Å². The van der Waals surface area contributed by atoms with Crippen molar-refractivity contribution >= 4 is 28.6 Å². The van der Waals surface area contributed by atoms with Gasteiger partial charge in [-0.15, -0.1) is 22.7 Å². The Morgan fingerprint density at radius 1 is 1.15 bits per heavy atom. The average Bonchev–Trinajstić information content (AvgIpc) is 3.23. The van der Waals surface area contributed by atoms with Gasteiger partial charge in [-0.25, -0.2) is 9.78 Å².